The van der Waals surface area contributed by atoms with Gasteiger partial charge in [0, 0.05) is 23.8 Å². The molecule has 0 aliphatic rings. The van der Waals surface area contributed by atoms with Crippen molar-refractivity contribution in [2.45, 2.75) is 25.2 Å². The molecule has 2 unspecified atom stereocenters. The number of aryl methyl sites for hydroxylation is 1. The Morgan fingerprint density at radius 1 is 0.697 bits per heavy atom. The van der Waals surface area contributed by atoms with E-state index in [2.05, 4.69) is 29.4 Å². The molecule has 3 heteroatoms. The zero-order chi connectivity index (χ0) is 23.0. The van der Waals surface area contributed by atoms with Crippen molar-refractivity contribution in [3.05, 3.63) is 143 Å². The first-order chi connectivity index (χ1) is 16.2. The van der Waals surface area contributed by atoms with Crippen molar-refractivity contribution < 1.29 is 10.0 Å². The molecule has 33 heavy (non-hydrogen) atoms. The van der Waals surface area contributed by atoms with Gasteiger partial charge in [-0.25, -0.2) is 0 Å². The Kier molecular flexibility index (Phi) is 7.11. The number of oxime groups is 1. The van der Waals surface area contributed by atoms with Gasteiger partial charge in [0.1, 0.15) is 0 Å². The molecule has 3 nitrogen and oxygen atoms in total. The molecule has 0 saturated heterocycles. The maximum Gasteiger partial charge on any atom is 0.163 e. The zero-order valence-electron chi connectivity index (χ0n) is 18.6. The first-order valence-electron chi connectivity index (χ1n) is 11.1. The Labute approximate surface area is 195 Å². The van der Waals surface area contributed by atoms with Crippen molar-refractivity contribution in [1.82, 2.24) is 0 Å². The van der Waals surface area contributed by atoms with Crippen LogP contribution in [-0.4, -0.2) is 16.7 Å². The lowest BCUT2D eigenvalue weighted by Crippen LogP contribution is -2.24. The van der Waals surface area contributed by atoms with Crippen LogP contribution in [0.5, 0.6) is 0 Å². The average molecular weight is 434 g/mol. The van der Waals surface area contributed by atoms with Gasteiger partial charge in [0.2, 0.25) is 0 Å². The Hall–Kier alpha value is -3.98. The number of carbonyl (C=O) groups excluding carboxylic acids is 1. The topological polar surface area (TPSA) is 49.7 Å². The zero-order valence-corrected chi connectivity index (χ0v) is 18.6. The van der Waals surface area contributed by atoms with E-state index in [-0.39, 0.29) is 17.6 Å². The summed E-state index contributed by atoms with van der Waals surface area (Å²) in [6.07, 6.45) is 0.290. The van der Waals surface area contributed by atoms with Crippen molar-refractivity contribution in [3.8, 4) is 0 Å². The van der Waals surface area contributed by atoms with Crippen LogP contribution in [0, 0.1) is 6.92 Å². The summed E-state index contributed by atoms with van der Waals surface area (Å²) < 4.78 is 0. The molecule has 0 radical (unpaired) electrons. The van der Waals surface area contributed by atoms with E-state index < -0.39 is 0 Å². The van der Waals surface area contributed by atoms with Gasteiger partial charge >= 0.3 is 0 Å². The average Bonchev–Trinajstić information content (AvgIpc) is 2.88. The van der Waals surface area contributed by atoms with Crippen LogP contribution in [0.1, 0.15) is 50.9 Å². The fraction of sp³-hybridized carbons (Fsp3) is 0.133. The Morgan fingerprint density at radius 2 is 1.21 bits per heavy atom. The quantitative estimate of drug-likeness (QED) is 0.141. The number of carbonyl (C=O) groups is 1. The van der Waals surface area contributed by atoms with E-state index in [1.807, 2.05) is 97.9 Å². The monoisotopic (exact) mass is 433 g/mol. The number of benzene rings is 4. The van der Waals surface area contributed by atoms with Gasteiger partial charge < -0.3 is 5.21 Å². The van der Waals surface area contributed by atoms with Crippen molar-refractivity contribution >= 4 is 11.5 Å². The number of ketones is 1. The lowest BCUT2D eigenvalue weighted by atomic mass is 9.74. The van der Waals surface area contributed by atoms with Crippen molar-refractivity contribution in [2.75, 3.05) is 0 Å². The summed E-state index contributed by atoms with van der Waals surface area (Å²) in [5.41, 5.74) is 5.26. The summed E-state index contributed by atoms with van der Waals surface area (Å²) in [5.74, 6) is -0.465. The molecular formula is C30H27NO2. The second-order valence-corrected chi connectivity index (χ2v) is 8.25. The summed E-state index contributed by atoms with van der Waals surface area (Å²) in [6.45, 7) is 2.05. The Morgan fingerprint density at radius 3 is 1.76 bits per heavy atom. The smallest absolute Gasteiger partial charge is 0.163 e. The third-order valence-electron chi connectivity index (χ3n) is 6.04. The van der Waals surface area contributed by atoms with E-state index in [1.54, 1.807) is 0 Å². The molecule has 4 aromatic carbocycles. The van der Waals surface area contributed by atoms with Gasteiger partial charge in [-0.2, -0.15) is 0 Å². The molecule has 4 aromatic rings. The fourth-order valence-electron chi connectivity index (χ4n) is 4.33. The number of Topliss-reactive ketones (excluding diaryl/α,β-unsaturated/α-hetero) is 1. The number of nitrogens with zero attached hydrogens (tertiary/aromatic N) is 1. The molecule has 0 aromatic heterocycles. The van der Waals surface area contributed by atoms with E-state index in [4.69, 9.17) is 0 Å². The molecule has 0 fully saturated rings. The highest BCUT2D eigenvalue weighted by molar-refractivity contribution is 6.06. The molecule has 0 aliphatic carbocycles. The van der Waals surface area contributed by atoms with Crippen LogP contribution in [0.2, 0.25) is 0 Å². The van der Waals surface area contributed by atoms with Crippen molar-refractivity contribution in [2.24, 2.45) is 5.16 Å². The Bertz CT molecular complexity index is 1200. The summed E-state index contributed by atoms with van der Waals surface area (Å²) in [4.78, 5) is 13.4. The van der Waals surface area contributed by atoms with Gasteiger partial charge in [-0.1, -0.05) is 126 Å². The van der Waals surface area contributed by atoms with Gasteiger partial charge in [0.25, 0.3) is 0 Å². The van der Waals surface area contributed by atoms with Crippen LogP contribution < -0.4 is 0 Å². The van der Waals surface area contributed by atoms with Crippen molar-refractivity contribution in [1.29, 1.82) is 0 Å². The standard InChI is InChI=1S/C30H27NO2/c1-22-17-19-23(20-18-22)27(21-28(32)24-11-5-2-6-12-24)29(25-13-7-3-8-14-25)30(31-33)26-15-9-4-10-16-26/h2-20,27,29,33H,21H2,1H3/b31-30-. The molecule has 0 amide bonds. The summed E-state index contributed by atoms with van der Waals surface area (Å²) in [5, 5.41) is 14.0. The predicted molar refractivity (Wildman–Crippen MR) is 133 cm³/mol. The van der Waals surface area contributed by atoms with Crippen LogP contribution >= 0.6 is 0 Å². The van der Waals surface area contributed by atoms with Crippen LogP contribution in [0.4, 0.5) is 0 Å². The molecule has 164 valence electrons. The Balaban J connectivity index is 1.85. The highest BCUT2D eigenvalue weighted by Gasteiger charge is 2.32. The van der Waals surface area contributed by atoms with Crippen LogP contribution in [-0.2, 0) is 0 Å². The van der Waals surface area contributed by atoms with Gasteiger partial charge in [-0.05, 0) is 23.6 Å². The second-order valence-electron chi connectivity index (χ2n) is 8.25. The van der Waals surface area contributed by atoms with Gasteiger partial charge in [0.05, 0.1) is 5.71 Å². The normalized spacial score (nSPS) is 13.3. The molecule has 1 N–H and O–H groups in total. The van der Waals surface area contributed by atoms with E-state index in [1.165, 1.54) is 0 Å². The number of hydrogen-bond donors (Lipinski definition) is 1. The molecule has 0 spiro atoms. The van der Waals surface area contributed by atoms with E-state index in [0.29, 0.717) is 17.7 Å². The minimum absolute atomic E-state index is 0.0625. The fourth-order valence-corrected chi connectivity index (χ4v) is 4.33. The first kappa shape index (κ1) is 22.2. The number of hydrogen-bond acceptors (Lipinski definition) is 3. The van der Waals surface area contributed by atoms with Crippen molar-refractivity contribution in [3.63, 3.8) is 0 Å². The molecule has 4 rings (SSSR count). The third-order valence-corrected chi connectivity index (χ3v) is 6.04. The van der Waals surface area contributed by atoms with Crippen LogP contribution in [0.3, 0.4) is 0 Å². The second kappa shape index (κ2) is 10.6. The largest absolute Gasteiger partial charge is 0.411 e. The molecule has 0 saturated carbocycles. The van der Waals surface area contributed by atoms with Gasteiger partial charge in [0.15, 0.2) is 5.78 Å². The SMILES string of the molecule is Cc1ccc(C(CC(=O)c2ccccc2)C(/C(=N\O)c2ccccc2)c2ccccc2)cc1. The first-order valence-corrected chi connectivity index (χ1v) is 11.1. The molecule has 0 heterocycles. The summed E-state index contributed by atoms with van der Waals surface area (Å²) in [6, 6.07) is 37.3. The minimum atomic E-state index is -0.311. The van der Waals surface area contributed by atoms with Crippen LogP contribution in [0.25, 0.3) is 0 Å². The highest BCUT2D eigenvalue weighted by atomic mass is 16.4. The van der Waals surface area contributed by atoms with E-state index in [9.17, 15) is 10.0 Å². The summed E-state index contributed by atoms with van der Waals surface area (Å²) in [7, 11) is 0. The molecule has 0 aliphatic heterocycles. The maximum absolute atomic E-state index is 13.4. The highest BCUT2D eigenvalue weighted by Crippen LogP contribution is 2.39. The maximum atomic E-state index is 13.4. The van der Waals surface area contributed by atoms with E-state index >= 15 is 0 Å². The summed E-state index contributed by atoms with van der Waals surface area (Å²) >= 11 is 0. The van der Waals surface area contributed by atoms with Crippen LogP contribution in [0.15, 0.2) is 120 Å². The predicted octanol–water partition coefficient (Wildman–Crippen LogP) is 7.01. The lowest BCUT2D eigenvalue weighted by Gasteiger charge is -2.29. The molecular weight excluding hydrogens is 406 g/mol. The lowest BCUT2D eigenvalue weighted by molar-refractivity contribution is 0.0972. The number of rotatable bonds is 8. The van der Waals surface area contributed by atoms with Gasteiger partial charge in [-0.15, -0.1) is 0 Å². The molecule has 2 atom stereocenters. The molecule has 0 bridgehead atoms. The third kappa shape index (κ3) is 5.27. The van der Waals surface area contributed by atoms with E-state index in [0.717, 1.165) is 22.3 Å². The van der Waals surface area contributed by atoms with Gasteiger partial charge in [-0.3, -0.25) is 4.79 Å². The minimum Gasteiger partial charge on any atom is -0.411 e.